The summed E-state index contributed by atoms with van der Waals surface area (Å²) in [6, 6.07) is 11.0. The van der Waals surface area contributed by atoms with Crippen LogP contribution in [0.1, 0.15) is 36.7 Å². The first-order valence-electron chi connectivity index (χ1n) is 8.10. The first-order valence-corrected chi connectivity index (χ1v) is 8.10. The Morgan fingerprint density at radius 1 is 0.960 bits per heavy atom. The zero-order valence-electron chi connectivity index (χ0n) is 15.3. The lowest BCUT2D eigenvalue weighted by atomic mass is 10.1. The minimum atomic E-state index is -0.129. The lowest BCUT2D eigenvalue weighted by molar-refractivity contribution is 0.101. The van der Waals surface area contributed by atoms with Gasteiger partial charge in [0.2, 0.25) is 0 Å². The molecule has 25 heavy (non-hydrogen) atoms. The summed E-state index contributed by atoms with van der Waals surface area (Å²) >= 11 is 0. The molecule has 0 aromatic heterocycles. The van der Waals surface area contributed by atoms with E-state index in [2.05, 4.69) is 0 Å². The van der Waals surface area contributed by atoms with E-state index in [1.165, 1.54) is 14.0 Å². The number of hydrogen-bond acceptors (Lipinski definition) is 5. The smallest absolute Gasteiger partial charge is 0.167 e. The Morgan fingerprint density at radius 2 is 1.60 bits per heavy atom. The number of ether oxygens (including phenoxy) is 4. The van der Waals surface area contributed by atoms with Crippen molar-refractivity contribution >= 4 is 5.78 Å². The Hall–Kier alpha value is -2.69. The number of benzene rings is 2. The van der Waals surface area contributed by atoms with Gasteiger partial charge in [0, 0.05) is 12.1 Å². The molecule has 0 amide bonds. The third kappa shape index (κ3) is 4.89. The van der Waals surface area contributed by atoms with Crippen LogP contribution in [-0.4, -0.2) is 26.1 Å². The van der Waals surface area contributed by atoms with Crippen molar-refractivity contribution in [3.8, 4) is 23.0 Å². The van der Waals surface area contributed by atoms with E-state index in [-0.39, 0.29) is 11.9 Å². The standard InChI is InChI=1S/C20H24O5/c1-13(2)25-16-8-6-15(7-9-16)12-24-19-11-17(22-4)10-18(23-5)20(19)14(3)21/h6-11,13H,12H2,1-5H3. The van der Waals surface area contributed by atoms with Gasteiger partial charge in [-0.15, -0.1) is 0 Å². The summed E-state index contributed by atoms with van der Waals surface area (Å²) in [7, 11) is 3.07. The number of ketones is 1. The molecule has 2 aromatic carbocycles. The molecule has 0 saturated heterocycles. The SMILES string of the molecule is COc1cc(OC)c(C(C)=O)c(OCc2ccc(OC(C)C)cc2)c1. The second-order valence-electron chi connectivity index (χ2n) is 5.86. The molecule has 5 nitrogen and oxygen atoms in total. The van der Waals surface area contributed by atoms with Crippen molar-refractivity contribution < 1.29 is 23.7 Å². The molecular formula is C20H24O5. The molecule has 2 aromatic rings. The molecule has 5 heteroatoms. The van der Waals surface area contributed by atoms with Crippen LogP contribution in [-0.2, 0) is 6.61 Å². The second-order valence-corrected chi connectivity index (χ2v) is 5.86. The van der Waals surface area contributed by atoms with Gasteiger partial charge >= 0.3 is 0 Å². The minimum absolute atomic E-state index is 0.129. The number of carbonyl (C=O) groups is 1. The Kier molecular flexibility index (Phi) is 6.28. The summed E-state index contributed by atoms with van der Waals surface area (Å²) in [6.07, 6.45) is 0.129. The van der Waals surface area contributed by atoms with Crippen LogP contribution in [0.2, 0.25) is 0 Å². The number of methoxy groups -OCH3 is 2. The summed E-state index contributed by atoms with van der Waals surface area (Å²) in [5.74, 6) is 2.12. The Balaban J connectivity index is 2.20. The van der Waals surface area contributed by atoms with Gasteiger partial charge < -0.3 is 18.9 Å². The van der Waals surface area contributed by atoms with E-state index < -0.39 is 0 Å². The fraction of sp³-hybridized carbons (Fsp3) is 0.350. The first kappa shape index (κ1) is 18.6. The molecule has 0 spiro atoms. The topological polar surface area (TPSA) is 54.0 Å². The van der Waals surface area contributed by atoms with Gasteiger partial charge in [-0.1, -0.05) is 12.1 Å². The van der Waals surface area contributed by atoms with Gasteiger partial charge in [-0.3, -0.25) is 4.79 Å². The van der Waals surface area contributed by atoms with Crippen molar-refractivity contribution in [2.24, 2.45) is 0 Å². The van der Waals surface area contributed by atoms with Crippen LogP contribution in [0.15, 0.2) is 36.4 Å². The molecule has 2 rings (SSSR count). The molecule has 0 aliphatic heterocycles. The number of hydrogen-bond donors (Lipinski definition) is 0. The van der Waals surface area contributed by atoms with Gasteiger partial charge in [0.05, 0.1) is 20.3 Å². The van der Waals surface area contributed by atoms with Crippen molar-refractivity contribution in [2.45, 2.75) is 33.5 Å². The van der Waals surface area contributed by atoms with Gasteiger partial charge in [0.1, 0.15) is 35.2 Å². The van der Waals surface area contributed by atoms with E-state index in [9.17, 15) is 4.79 Å². The molecule has 0 N–H and O–H groups in total. The van der Waals surface area contributed by atoms with E-state index >= 15 is 0 Å². The molecule has 0 heterocycles. The maximum Gasteiger partial charge on any atom is 0.167 e. The third-order valence-electron chi connectivity index (χ3n) is 3.54. The van der Waals surface area contributed by atoms with Crippen molar-refractivity contribution in [3.05, 3.63) is 47.5 Å². The molecule has 134 valence electrons. The molecule has 0 saturated carbocycles. The van der Waals surface area contributed by atoms with Gasteiger partial charge in [-0.2, -0.15) is 0 Å². The average molecular weight is 344 g/mol. The molecular weight excluding hydrogens is 320 g/mol. The van der Waals surface area contributed by atoms with Gasteiger partial charge in [-0.25, -0.2) is 0 Å². The molecule has 0 atom stereocenters. The van der Waals surface area contributed by atoms with Crippen LogP contribution in [0.5, 0.6) is 23.0 Å². The van der Waals surface area contributed by atoms with Gasteiger partial charge in [0.25, 0.3) is 0 Å². The highest BCUT2D eigenvalue weighted by Gasteiger charge is 2.17. The summed E-state index contributed by atoms with van der Waals surface area (Å²) in [5, 5.41) is 0. The van der Waals surface area contributed by atoms with Crippen LogP contribution in [0.4, 0.5) is 0 Å². The van der Waals surface area contributed by atoms with Crippen molar-refractivity contribution in [2.75, 3.05) is 14.2 Å². The van der Waals surface area contributed by atoms with Crippen LogP contribution >= 0.6 is 0 Å². The fourth-order valence-corrected chi connectivity index (χ4v) is 2.40. The third-order valence-corrected chi connectivity index (χ3v) is 3.54. The van der Waals surface area contributed by atoms with Gasteiger partial charge in [-0.05, 0) is 38.5 Å². The summed E-state index contributed by atoms with van der Waals surface area (Å²) in [5.41, 5.74) is 1.37. The molecule has 0 fully saturated rings. The quantitative estimate of drug-likeness (QED) is 0.669. The number of Topliss-reactive ketones (excluding diaryl/α,β-unsaturated/α-hetero) is 1. The number of rotatable bonds is 8. The van der Waals surface area contributed by atoms with E-state index in [0.29, 0.717) is 29.4 Å². The zero-order chi connectivity index (χ0) is 18.4. The first-order chi connectivity index (χ1) is 11.9. The van der Waals surface area contributed by atoms with E-state index in [1.807, 2.05) is 38.1 Å². The van der Waals surface area contributed by atoms with E-state index in [0.717, 1.165) is 11.3 Å². The lowest BCUT2D eigenvalue weighted by Gasteiger charge is -2.15. The lowest BCUT2D eigenvalue weighted by Crippen LogP contribution is -2.06. The molecule has 0 radical (unpaired) electrons. The Labute approximate surface area is 148 Å². The number of carbonyl (C=O) groups excluding carboxylic acids is 1. The minimum Gasteiger partial charge on any atom is -0.496 e. The van der Waals surface area contributed by atoms with E-state index in [4.69, 9.17) is 18.9 Å². The average Bonchev–Trinajstić information content (AvgIpc) is 2.59. The Bertz CT molecular complexity index is 720. The predicted octanol–water partition coefficient (Wildman–Crippen LogP) is 4.27. The molecule has 0 bridgehead atoms. The molecule has 0 aliphatic rings. The fourth-order valence-electron chi connectivity index (χ4n) is 2.40. The highest BCUT2D eigenvalue weighted by molar-refractivity contribution is 6.00. The van der Waals surface area contributed by atoms with Crippen LogP contribution in [0.25, 0.3) is 0 Å². The highest BCUT2D eigenvalue weighted by Crippen LogP contribution is 2.35. The van der Waals surface area contributed by atoms with Gasteiger partial charge in [0.15, 0.2) is 5.78 Å². The normalized spacial score (nSPS) is 10.5. The van der Waals surface area contributed by atoms with Crippen molar-refractivity contribution in [1.29, 1.82) is 0 Å². The summed E-state index contributed by atoms with van der Waals surface area (Å²) in [4.78, 5) is 12.0. The monoisotopic (exact) mass is 344 g/mol. The largest absolute Gasteiger partial charge is 0.496 e. The van der Waals surface area contributed by atoms with E-state index in [1.54, 1.807) is 19.2 Å². The van der Waals surface area contributed by atoms with Crippen molar-refractivity contribution in [3.63, 3.8) is 0 Å². The predicted molar refractivity (Wildman–Crippen MR) is 96.1 cm³/mol. The Morgan fingerprint density at radius 3 is 2.12 bits per heavy atom. The second kappa shape index (κ2) is 8.42. The highest BCUT2D eigenvalue weighted by atomic mass is 16.5. The summed E-state index contributed by atoms with van der Waals surface area (Å²) in [6.45, 7) is 5.76. The van der Waals surface area contributed by atoms with Crippen molar-refractivity contribution in [1.82, 2.24) is 0 Å². The zero-order valence-corrected chi connectivity index (χ0v) is 15.3. The maximum absolute atomic E-state index is 12.0. The van der Waals surface area contributed by atoms with Crippen LogP contribution < -0.4 is 18.9 Å². The van der Waals surface area contributed by atoms with Crippen LogP contribution in [0, 0.1) is 0 Å². The molecule has 0 aliphatic carbocycles. The van der Waals surface area contributed by atoms with Crippen LogP contribution in [0.3, 0.4) is 0 Å². The maximum atomic E-state index is 12.0. The summed E-state index contributed by atoms with van der Waals surface area (Å²) < 4.78 is 22.0. The molecule has 0 unspecified atom stereocenters.